The van der Waals surface area contributed by atoms with Crippen LogP contribution in [0, 0.1) is 6.92 Å². The fourth-order valence-corrected chi connectivity index (χ4v) is 4.09. The summed E-state index contributed by atoms with van der Waals surface area (Å²) in [4.78, 5) is 7.28. The molecule has 9 heteroatoms. The van der Waals surface area contributed by atoms with E-state index in [-0.39, 0.29) is 10.9 Å². The summed E-state index contributed by atoms with van der Waals surface area (Å²) in [6, 6.07) is 2.11. The molecule has 0 spiro atoms. The number of rotatable bonds is 7. The van der Waals surface area contributed by atoms with Crippen LogP contribution < -0.4 is 15.6 Å². The third-order valence-electron chi connectivity index (χ3n) is 5.22. The molecule has 1 unspecified atom stereocenters. The Morgan fingerprint density at radius 2 is 2.23 bits per heavy atom. The van der Waals surface area contributed by atoms with E-state index in [0.717, 1.165) is 35.9 Å². The van der Waals surface area contributed by atoms with E-state index in [1.165, 1.54) is 6.26 Å². The van der Waals surface area contributed by atoms with Crippen LogP contribution in [0.2, 0.25) is 0 Å². The minimum Gasteiger partial charge on any atom is -0.377 e. The van der Waals surface area contributed by atoms with Crippen molar-refractivity contribution >= 4 is 27.5 Å². The molecule has 3 heterocycles. The largest absolute Gasteiger partial charge is 0.377 e. The normalized spacial score (nSPS) is 20.6. The number of nitrogens with one attached hydrogen (secondary N) is 2. The van der Waals surface area contributed by atoms with Crippen molar-refractivity contribution in [3.63, 3.8) is 0 Å². The Kier molecular flexibility index (Phi) is 7.19. The topological polar surface area (TPSA) is 86.8 Å². The molecule has 0 bridgehead atoms. The highest BCUT2D eigenvalue weighted by Crippen LogP contribution is 2.29. The monoisotopic (exact) mass is 445 g/mol. The predicted molar refractivity (Wildman–Crippen MR) is 126 cm³/mol. The molecule has 1 saturated heterocycles. The SMILES string of the molecule is C=C/C=C\C(=C\c1cc(N2CCOCC2C)nc(NC2=CCN(C)N2)c1C)S(C)(=O)=O. The quantitative estimate of drug-likeness (QED) is 0.619. The number of pyridine rings is 1. The maximum Gasteiger partial charge on any atom is 0.175 e. The molecule has 2 aliphatic rings. The third kappa shape index (κ3) is 5.75. The first kappa shape index (κ1) is 23.1. The van der Waals surface area contributed by atoms with Gasteiger partial charge in [0.1, 0.15) is 17.5 Å². The highest BCUT2D eigenvalue weighted by molar-refractivity contribution is 7.94. The molecular formula is C22H31N5O3S. The van der Waals surface area contributed by atoms with E-state index in [1.807, 2.05) is 31.1 Å². The second kappa shape index (κ2) is 9.67. The molecule has 8 nitrogen and oxygen atoms in total. The average molecular weight is 446 g/mol. The fourth-order valence-electron chi connectivity index (χ4n) is 3.43. The van der Waals surface area contributed by atoms with Crippen LogP contribution in [0.5, 0.6) is 0 Å². The van der Waals surface area contributed by atoms with E-state index in [0.29, 0.717) is 19.0 Å². The standard InChI is InChI=1S/C22H31N5O3S/c1-6-7-8-19(31(5,28)29)13-18-14-21(27-11-12-30-15-16(27)2)24-22(17(18)3)23-20-9-10-26(4)25-20/h6-9,13-14,16,25H,1,10-12,15H2,2-5H3,(H,23,24)/b8-7-,19-13-. The minimum absolute atomic E-state index is 0.165. The van der Waals surface area contributed by atoms with Crippen LogP contribution in [0.25, 0.3) is 6.08 Å². The summed E-state index contributed by atoms with van der Waals surface area (Å²) in [5.74, 6) is 2.30. The van der Waals surface area contributed by atoms with E-state index in [9.17, 15) is 8.42 Å². The number of allylic oxidation sites excluding steroid dienone is 3. The molecule has 0 saturated carbocycles. The number of hydrogen-bond donors (Lipinski definition) is 2. The van der Waals surface area contributed by atoms with E-state index >= 15 is 0 Å². The molecule has 1 fully saturated rings. The number of sulfone groups is 1. The Hall–Kier alpha value is -2.62. The van der Waals surface area contributed by atoms with Gasteiger partial charge in [-0.1, -0.05) is 18.7 Å². The number of morpholine rings is 1. The summed E-state index contributed by atoms with van der Waals surface area (Å²) < 4.78 is 30.3. The number of aromatic nitrogens is 1. The molecule has 0 aliphatic carbocycles. The van der Waals surface area contributed by atoms with Gasteiger partial charge in [-0.15, -0.1) is 0 Å². The van der Waals surface area contributed by atoms with Crippen molar-refractivity contribution in [2.75, 3.05) is 49.8 Å². The number of likely N-dealkylation sites (N-methyl/N-ethyl adjacent to an activating group) is 1. The minimum atomic E-state index is -3.42. The Balaban J connectivity index is 2.10. The molecule has 2 N–H and O–H groups in total. The fraction of sp³-hybridized carbons (Fsp3) is 0.409. The van der Waals surface area contributed by atoms with Crippen LogP contribution in [0.3, 0.4) is 0 Å². The van der Waals surface area contributed by atoms with Gasteiger partial charge in [0, 0.05) is 26.4 Å². The highest BCUT2D eigenvalue weighted by Gasteiger charge is 2.23. The molecule has 31 heavy (non-hydrogen) atoms. The van der Waals surface area contributed by atoms with Crippen molar-refractivity contribution in [3.05, 3.63) is 58.8 Å². The maximum atomic E-state index is 12.4. The molecule has 0 amide bonds. The summed E-state index contributed by atoms with van der Waals surface area (Å²) in [6.07, 6.45) is 9.67. The molecule has 1 atom stereocenters. The molecule has 0 radical (unpaired) electrons. The summed E-state index contributed by atoms with van der Waals surface area (Å²) >= 11 is 0. The summed E-state index contributed by atoms with van der Waals surface area (Å²) in [5, 5.41) is 5.31. The lowest BCUT2D eigenvalue weighted by atomic mass is 10.1. The highest BCUT2D eigenvalue weighted by atomic mass is 32.2. The van der Waals surface area contributed by atoms with Gasteiger partial charge in [-0.05, 0) is 49.3 Å². The smallest absolute Gasteiger partial charge is 0.175 e. The second-order valence-corrected chi connectivity index (χ2v) is 9.83. The van der Waals surface area contributed by atoms with Crippen molar-refractivity contribution in [2.24, 2.45) is 0 Å². The van der Waals surface area contributed by atoms with Crippen LogP contribution in [0.1, 0.15) is 18.1 Å². The Labute approximate surface area is 184 Å². The molecule has 0 aromatic carbocycles. The summed E-state index contributed by atoms with van der Waals surface area (Å²) in [5.41, 5.74) is 4.87. The average Bonchev–Trinajstić information content (AvgIpc) is 3.12. The molecule has 1 aromatic rings. The zero-order chi connectivity index (χ0) is 22.6. The first-order valence-electron chi connectivity index (χ1n) is 10.2. The number of hydrogen-bond acceptors (Lipinski definition) is 8. The lowest BCUT2D eigenvalue weighted by Crippen LogP contribution is -2.44. The molecule has 3 rings (SSSR count). The predicted octanol–water partition coefficient (Wildman–Crippen LogP) is 2.45. The maximum absolute atomic E-state index is 12.4. The Morgan fingerprint density at radius 1 is 1.45 bits per heavy atom. The van der Waals surface area contributed by atoms with Gasteiger partial charge < -0.3 is 20.4 Å². The second-order valence-electron chi connectivity index (χ2n) is 7.81. The van der Waals surface area contributed by atoms with Crippen LogP contribution in [0.15, 0.2) is 47.7 Å². The van der Waals surface area contributed by atoms with Crippen LogP contribution in [-0.4, -0.2) is 64.1 Å². The molecule has 2 aliphatic heterocycles. The zero-order valence-electron chi connectivity index (χ0n) is 18.6. The molecule has 1 aromatic heterocycles. The first-order chi connectivity index (χ1) is 14.7. The van der Waals surface area contributed by atoms with Gasteiger partial charge in [0.15, 0.2) is 9.84 Å². The van der Waals surface area contributed by atoms with E-state index in [2.05, 4.69) is 29.1 Å². The van der Waals surface area contributed by atoms with Gasteiger partial charge in [-0.2, -0.15) is 0 Å². The van der Waals surface area contributed by atoms with Gasteiger partial charge in [0.25, 0.3) is 0 Å². The Morgan fingerprint density at radius 3 is 2.84 bits per heavy atom. The molecular weight excluding hydrogens is 414 g/mol. The van der Waals surface area contributed by atoms with Crippen LogP contribution in [-0.2, 0) is 14.6 Å². The van der Waals surface area contributed by atoms with Crippen molar-refractivity contribution in [3.8, 4) is 0 Å². The number of anilines is 2. The van der Waals surface area contributed by atoms with E-state index in [4.69, 9.17) is 9.72 Å². The lowest BCUT2D eigenvalue weighted by Gasteiger charge is -2.35. The van der Waals surface area contributed by atoms with E-state index in [1.54, 1.807) is 24.3 Å². The van der Waals surface area contributed by atoms with Crippen molar-refractivity contribution in [1.82, 2.24) is 15.4 Å². The van der Waals surface area contributed by atoms with Gasteiger partial charge >= 0.3 is 0 Å². The van der Waals surface area contributed by atoms with Gasteiger partial charge in [-0.25, -0.2) is 18.4 Å². The van der Waals surface area contributed by atoms with Crippen LogP contribution >= 0.6 is 0 Å². The van der Waals surface area contributed by atoms with Crippen molar-refractivity contribution in [2.45, 2.75) is 19.9 Å². The third-order valence-corrected chi connectivity index (χ3v) is 6.33. The van der Waals surface area contributed by atoms with Gasteiger partial charge in [0.05, 0.1) is 24.2 Å². The van der Waals surface area contributed by atoms with Crippen molar-refractivity contribution < 1.29 is 13.2 Å². The zero-order valence-corrected chi connectivity index (χ0v) is 19.4. The van der Waals surface area contributed by atoms with E-state index < -0.39 is 9.84 Å². The lowest BCUT2D eigenvalue weighted by molar-refractivity contribution is 0.0985. The number of nitrogens with zero attached hydrogens (tertiary/aromatic N) is 3. The summed E-state index contributed by atoms with van der Waals surface area (Å²) in [6.45, 7) is 10.4. The molecule has 168 valence electrons. The van der Waals surface area contributed by atoms with Crippen molar-refractivity contribution in [1.29, 1.82) is 0 Å². The number of hydrazine groups is 1. The Bertz CT molecular complexity index is 1030. The first-order valence-corrected chi connectivity index (χ1v) is 12.1. The van der Waals surface area contributed by atoms with Gasteiger partial charge in [-0.3, -0.25) is 0 Å². The van der Waals surface area contributed by atoms with Crippen LogP contribution in [0.4, 0.5) is 11.6 Å². The summed E-state index contributed by atoms with van der Waals surface area (Å²) in [7, 11) is -1.47. The van der Waals surface area contributed by atoms with Gasteiger partial charge in [0.2, 0.25) is 0 Å². The number of ether oxygens (including phenoxy) is 1.